The van der Waals surface area contributed by atoms with E-state index in [4.69, 9.17) is 29.4 Å². The van der Waals surface area contributed by atoms with Crippen molar-refractivity contribution in [3.8, 4) is 0 Å². The van der Waals surface area contributed by atoms with Crippen molar-refractivity contribution in [1.82, 2.24) is 4.90 Å². The van der Waals surface area contributed by atoms with Crippen LogP contribution in [-0.4, -0.2) is 120 Å². The minimum absolute atomic E-state index is 0.00289. The second kappa shape index (κ2) is 21.8. The highest BCUT2D eigenvalue weighted by molar-refractivity contribution is 6.39. The molecule has 14 unspecified atom stereocenters. The van der Waals surface area contributed by atoms with Gasteiger partial charge in [0.2, 0.25) is 5.79 Å². The Labute approximate surface area is 352 Å². The Morgan fingerprint density at radius 3 is 2.34 bits per heavy atom. The highest BCUT2D eigenvalue weighted by Crippen LogP contribution is 2.39. The van der Waals surface area contributed by atoms with Crippen LogP contribution in [0.5, 0.6) is 0 Å². The van der Waals surface area contributed by atoms with Gasteiger partial charge in [0.25, 0.3) is 11.7 Å². The normalized spacial score (nSPS) is 39.2. The lowest BCUT2D eigenvalue weighted by atomic mass is 9.81. The van der Waals surface area contributed by atoms with E-state index in [2.05, 4.69) is 12.7 Å². The molecule has 3 fully saturated rings. The van der Waals surface area contributed by atoms with E-state index in [1.807, 2.05) is 40.7 Å². The number of carbonyl (C=O) groups is 4. The summed E-state index contributed by atoms with van der Waals surface area (Å²) in [5.74, 6) is -7.59. The topological polar surface area (TPSA) is 184 Å². The Kier molecular flexibility index (Phi) is 18.1. The van der Waals surface area contributed by atoms with Gasteiger partial charge in [-0.25, -0.2) is 4.79 Å². The Morgan fingerprint density at radius 2 is 1.69 bits per heavy atom. The molecule has 0 aromatic carbocycles. The van der Waals surface area contributed by atoms with Crippen LogP contribution in [0.1, 0.15) is 119 Å². The maximum absolute atomic E-state index is 14.4. The van der Waals surface area contributed by atoms with Crippen LogP contribution < -0.4 is 5.73 Å². The van der Waals surface area contributed by atoms with Crippen molar-refractivity contribution < 1.29 is 53.1 Å². The van der Waals surface area contributed by atoms with Crippen molar-refractivity contribution in [2.45, 2.75) is 180 Å². The molecule has 1 saturated carbocycles. The number of amides is 1. The monoisotopic (exact) mass is 831 g/mol. The first kappa shape index (κ1) is 48.9. The number of piperidine rings is 1. The molecule has 0 spiro atoms. The van der Waals surface area contributed by atoms with Crippen LogP contribution in [-0.2, 0) is 42.9 Å². The van der Waals surface area contributed by atoms with Crippen LogP contribution in [0.25, 0.3) is 0 Å². The fourth-order valence-corrected chi connectivity index (χ4v) is 9.72. The van der Waals surface area contributed by atoms with E-state index >= 15 is 0 Å². The summed E-state index contributed by atoms with van der Waals surface area (Å²) in [6.07, 6.45) is 6.44. The second-order valence-electron chi connectivity index (χ2n) is 18.3. The van der Waals surface area contributed by atoms with E-state index in [0.29, 0.717) is 44.1 Å². The lowest BCUT2D eigenvalue weighted by molar-refractivity contribution is -0.302. The lowest BCUT2D eigenvalue weighted by Gasteiger charge is -2.47. The molecule has 0 aromatic rings. The van der Waals surface area contributed by atoms with Crippen molar-refractivity contribution in [1.29, 1.82) is 0 Å². The SMILES string of the molecule is C=CCC1C=C(C)CC(C)CC(OC)C2OC(O)(C(=O)C(=O)N3CCCCC3C(=O)OC(C(C)=CC3CCC(N)C(OC(C)C)C3)C(C)C(O)CC1=O)C(C)CC2OC. The summed E-state index contributed by atoms with van der Waals surface area (Å²) in [6.45, 7) is 17.2. The van der Waals surface area contributed by atoms with Crippen LogP contribution in [0.2, 0.25) is 0 Å². The molecule has 1 amide bonds. The Bertz CT molecular complexity index is 1530. The number of nitrogens with zero attached hydrogens (tertiary/aromatic N) is 1. The zero-order valence-electron chi connectivity index (χ0n) is 37.1. The zero-order chi connectivity index (χ0) is 43.8. The molecule has 0 aromatic heterocycles. The maximum atomic E-state index is 14.4. The number of rotatable bonds is 8. The molecule has 3 heterocycles. The summed E-state index contributed by atoms with van der Waals surface area (Å²) >= 11 is 0. The van der Waals surface area contributed by atoms with Gasteiger partial charge >= 0.3 is 5.97 Å². The van der Waals surface area contributed by atoms with Crippen LogP contribution in [0, 0.1) is 29.6 Å². The molecule has 4 aliphatic rings. The van der Waals surface area contributed by atoms with E-state index in [1.54, 1.807) is 19.9 Å². The summed E-state index contributed by atoms with van der Waals surface area (Å²) in [4.78, 5) is 58.1. The van der Waals surface area contributed by atoms with Gasteiger partial charge in [-0.05, 0) is 109 Å². The number of ketones is 2. The van der Waals surface area contributed by atoms with Gasteiger partial charge in [0, 0.05) is 51.0 Å². The molecule has 59 heavy (non-hydrogen) atoms. The number of allylic oxidation sites excluding steroid dienone is 4. The molecule has 4 rings (SSSR count). The zero-order valence-corrected chi connectivity index (χ0v) is 37.1. The van der Waals surface area contributed by atoms with E-state index < -0.39 is 77.8 Å². The summed E-state index contributed by atoms with van der Waals surface area (Å²) in [7, 11) is 3.06. The molecule has 4 N–H and O–H groups in total. The van der Waals surface area contributed by atoms with Gasteiger partial charge < -0.3 is 44.5 Å². The molecule has 1 aliphatic carbocycles. The van der Waals surface area contributed by atoms with E-state index in [1.165, 1.54) is 19.1 Å². The van der Waals surface area contributed by atoms with Crippen molar-refractivity contribution in [2.24, 2.45) is 35.3 Å². The first-order chi connectivity index (χ1) is 27.8. The summed E-state index contributed by atoms with van der Waals surface area (Å²) in [5, 5.41) is 23.8. The summed E-state index contributed by atoms with van der Waals surface area (Å²) in [5.41, 5.74) is 8.10. The molecule has 13 nitrogen and oxygen atoms in total. The van der Waals surface area contributed by atoms with Crippen LogP contribution >= 0.6 is 0 Å². The number of esters is 1. The number of cyclic esters (lactones) is 1. The van der Waals surface area contributed by atoms with Crippen LogP contribution in [0.3, 0.4) is 0 Å². The fraction of sp³-hybridized carbons (Fsp3) is 0.783. The largest absolute Gasteiger partial charge is 0.456 e. The summed E-state index contributed by atoms with van der Waals surface area (Å²) in [6, 6.07) is -1.23. The van der Waals surface area contributed by atoms with Gasteiger partial charge in [-0.2, -0.15) is 0 Å². The highest BCUT2D eigenvalue weighted by Gasteiger charge is 2.56. The number of carbonyl (C=O) groups excluding carboxylic acids is 4. The number of ether oxygens (including phenoxy) is 5. The van der Waals surface area contributed by atoms with Gasteiger partial charge in [0.1, 0.15) is 24.0 Å². The molecule has 13 heteroatoms. The molecule has 3 aliphatic heterocycles. The van der Waals surface area contributed by atoms with Crippen LogP contribution in [0.4, 0.5) is 0 Å². The number of Topliss-reactive ketones (excluding diaryl/α,β-unsaturated/α-hetero) is 2. The quantitative estimate of drug-likeness (QED) is 0.162. The van der Waals surface area contributed by atoms with E-state index in [0.717, 1.165) is 18.4 Å². The average molecular weight is 831 g/mol. The number of nitrogens with two attached hydrogens (primary N) is 1. The third-order valence-corrected chi connectivity index (χ3v) is 13.1. The smallest absolute Gasteiger partial charge is 0.329 e. The van der Waals surface area contributed by atoms with Gasteiger partial charge in [0.05, 0.1) is 30.5 Å². The highest BCUT2D eigenvalue weighted by atomic mass is 16.7. The predicted molar refractivity (Wildman–Crippen MR) is 224 cm³/mol. The molecular formula is C46H74N2O11. The Morgan fingerprint density at radius 1 is 1.02 bits per heavy atom. The van der Waals surface area contributed by atoms with E-state index in [9.17, 15) is 29.4 Å². The number of methoxy groups -OCH3 is 2. The third-order valence-electron chi connectivity index (χ3n) is 13.1. The van der Waals surface area contributed by atoms with Gasteiger partial charge in [-0.1, -0.05) is 44.6 Å². The number of aliphatic hydroxyl groups excluding tert-OH is 1. The molecule has 2 bridgehead atoms. The first-order valence-corrected chi connectivity index (χ1v) is 21.9. The first-order valence-electron chi connectivity index (χ1n) is 21.9. The number of hydrogen-bond acceptors (Lipinski definition) is 12. The molecule has 14 atom stereocenters. The van der Waals surface area contributed by atoms with Crippen molar-refractivity contribution in [3.05, 3.63) is 36.0 Å². The summed E-state index contributed by atoms with van der Waals surface area (Å²) < 4.78 is 30.5. The number of fused-ring (bicyclic) bond motifs is 3. The minimum atomic E-state index is -2.50. The molecular weight excluding hydrogens is 757 g/mol. The van der Waals surface area contributed by atoms with Gasteiger partial charge in [-0.3, -0.25) is 14.4 Å². The van der Waals surface area contributed by atoms with Gasteiger partial charge in [-0.15, -0.1) is 6.58 Å². The molecule has 2 saturated heterocycles. The number of aliphatic hydroxyl groups is 2. The predicted octanol–water partition coefficient (Wildman–Crippen LogP) is 5.38. The molecule has 334 valence electrons. The van der Waals surface area contributed by atoms with Crippen molar-refractivity contribution in [3.63, 3.8) is 0 Å². The van der Waals surface area contributed by atoms with E-state index in [-0.39, 0.29) is 61.7 Å². The fourth-order valence-electron chi connectivity index (χ4n) is 9.72. The maximum Gasteiger partial charge on any atom is 0.329 e. The third kappa shape index (κ3) is 12.2. The van der Waals surface area contributed by atoms with Crippen LogP contribution in [0.15, 0.2) is 36.0 Å². The number of hydrogen-bond donors (Lipinski definition) is 3. The molecule has 0 radical (unpaired) electrons. The lowest BCUT2D eigenvalue weighted by Crippen LogP contribution is -2.64. The standard InChI is InChI=1S/C46H74N2O11/c1-11-14-33-20-27(4)19-28(5)21-39(55-9)42-40(56-10)23-30(7)46(54,59-42)43(51)44(52)48-18-13-12-15-35(48)45(53)58-41(31(8)36(49)25-37(33)50)29(6)22-32-16-17-34(47)38(24-32)57-26(2)3/h11,20,22,26,28,30-36,38-42,49,54H,1,12-19,21,23-25,47H2,2-10H3. The van der Waals surface area contributed by atoms with Crippen molar-refractivity contribution in [2.75, 3.05) is 20.8 Å². The average Bonchev–Trinajstić information content (AvgIpc) is 3.19. The second-order valence-corrected chi connectivity index (χ2v) is 18.3. The Hall–Kier alpha value is -2.78. The Balaban J connectivity index is 1.77. The minimum Gasteiger partial charge on any atom is -0.456 e. The van der Waals surface area contributed by atoms with Crippen molar-refractivity contribution >= 4 is 23.4 Å². The van der Waals surface area contributed by atoms with Gasteiger partial charge in [0.15, 0.2) is 0 Å².